The number of benzene rings is 1. The molecule has 2 heterocycles. The molecule has 1 aromatic carbocycles. The van der Waals surface area contributed by atoms with Crippen LogP contribution in [0.5, 0.6) is 0 Å². The summed E-state index contributed by atoms with van der Waals surface area (Å²) in [5.41, 5.74) is 1.33. The number of thioether (sulfide) groups is 1. The molecule has 1 saturated heterocycles. The van der Waals surface area contributed by atoms with Crippen molar-refractivity contribution in [2.75, 3.05) is 13.1 Å². The molecule has 0 spiro atoms. The Bertz CT molecular complexity index is 957. The van der Waals surface area contributed by atoms with Gasteiger partial charge in [-0.15, -0.1) is 0 Å². The van der Waals surface area contributed by atoms with Crippen LogP contribution in [-0.2, 0) is 9.53 Å². The first-order valence-electron chi connectivity index (χ1n) is 9.60. The van der Waals surface area contributed by atoms with E-state index < -0.39 is 0 Å². The molecular weight excluding hydrogens is 388 g/mol. The SMILES string of the molecule is CCN=C1S/C(=C/c2ccc(-c3ccc(C(=O)OC(C)C)cc3)o2)C(=O)N1CC. The van der Waals surface area contributed by atoms with Gasteiger partial charge in [-0.25, -0.2) is 4.79 Å². The molecule has 0 bridgehead atoms. The van der Waals surface area contributed by atoms with Crippen molar-refractivity contribution in [3.63, 3.8) is 0 Å². The van der Waals surface area contributed by atoms with Crippen molar-refractivity contribution in [2.45, 2.75) is 33.8 Å². The molecule has 1 amide bonds. The van der Waals surface area contributed by atoms with Gasteiger partial charge in [0.15, 0.2) is 5.17 Å². The van der Waals surface area contributed by atoms with Gasteiger partial charge in [-0.3, -0.25) is 14.7 Å². The number of hydrogen-bond donors (Lipinski definition) is 0. The van der Waals surface area contributed by atoms with E-state index in [1.54, 1.807) is 23.1 Å². The average molecular weight is 413 g/mol. The Morgan fingerprint density at radius 3 is 2.55 bits per heavy atom. The molecule has 2 aromatic rings. The van der Waals surface area contributed by atoms with Crippen molar-refractivity contribution >= 4 is 34.9 Å². The Morgan fingerprint density at radius 2 is 1.93 bits per heavy atom. The number of carbonyl (C=O) groups is 2. The van der Waals surface area contributed by atoms with Crippen LogP contribution in [0.2, 0.25) is 0 Å². The number of rotatable bonds is 6. The van der Waals surface area contributed by atoms with Crippen molar-refractivity contribution < 1.29 is 18.7 Å². The Morgan fingerprint density at radius 1 is 1.21 bits per heavy atom. The standard InChI is InChI=1S/C22H24N2O4S/c1-5-23-22-24(6-2)20(25)19(29-22)13-17-11-12-18(28-17)15-7-9-16(10-8-15)21(26)27-14(3)4/h7-14H,5-6H2,1-4H3/b19-13+,23-22?. The summed E-state index contributed by atoms with van der Waals surface area (Å²) in [5.74, 6) is 0.840. The first-order chi connectivity index (χ1) is 13.9. The predicted octanol–water partition coefficient (Wildman–Crippen LogP) is 4.82. The lowest BCUT2D eigenvalue weighted by Crippen LogP contribution is -2.28. The third-order valence-electron chi connectivity index (χ3n) is 4.15. The van der Waals surface area contributed by atoms with Gasteiger partial charge < -0.3 is 9.15 Å². The van der Waals surface area contributed by atoms with Crippen LogP contribution >= 0.6 is 11.8 Å². The van der Waals surface area contributed by atoms with Gasteiger partial charge in [0, 0.05) is 24.7 Å². The van der Waals surface area contributed by atoms with Crippen LogP contribution in [0.1, 0.15) is 43.8 Å². The van der Waals surface area contributed by atoms with Crippen molar-refractivity contribution in [1.29, 1.82) is 0 Å². The normalized spacial score (nSPS) is 17.0. The van der Waals surface area contributed by atoms with Gasteiger partial charge >= 0.3 is 5.97 Å². The molecule has 0 unspecified atom stereocenters. The van der Waals surface area contributed by atoms with Gasteiger partial charge in [-0.2, -0.15) is 0 Å². The maximum absolute atomic E-state index is 12.6. The molecule has 7 heteroatoms. The smallest absolute Gasteiger partial charge is 0.338 e. The topological polar surface area (TPSA) is 72.1 Å². The van der Waals surface area contributed by atoms with E-state index in [0.29, 0.717) is 35.1 Å². The number of amides is 1. The third-order valence-corrected chi connectivity index (χ3v) is 5.19. The van der Waals surface area contributed by atoms with Gasteiger partial charge in [0.25, 0.3) is 5.91 Å². The predicted molar refractivity (Wildman–Crippen MR) is 116 cm³/mol. The number of nitrogens with zero attached hydrogens (tertiary/aromatic N) is 2. The van der Waals surface area contributed by atoms with Crippen molar-refractivity contribution in [2.24, 2.45) is 4.99 Å². The first kappa shape index (κ1) is 20.9. The molecule has 1 aromatic heterocycles. The Kier molecular flexibility index (Phi) is 6.59. The highest BCUT2D eigenvalue weighted by molar-refractivity contribution is 8.18. The zero-order valence-corrected chi connectivity index (χ0v) is 17.8. The summed E-state index contributed by atoms with van der Waals surface area (Å²) in [4.78, 5) is 31.1. The summed E-state index contributed by atoms with van der Waals surface area (Å²) in [6, 6.07) is 10.7. The fourth-order valence-corrected chi connectivity index (χ4v) is 3.89. The number of ether oxygens (including phenoxy) is 1. The molecule has 1 fully saturated rings. The largest absolute Gasteiger partial charge is 0.459 e. The van der Waals surface area contributed by atoms with Crippen LogP contribution in [0.25, 0.3) is 17.4 Å². The number of carbonyl (C=O) groups excluding carboxylic acids is 2. The zero-order valence-electron chi connectivity index (χ0n) is 17.0. The van der Waals surface area contributed by atoms with E-state index in [4.69, 9.17) is 9.15 Å². The zero-order chi connectivity index (χ0) is 21.0. The molecule has 152 valence electrons. The molecule has 6 nitrogen and oxygen atoms in total. The van der Waals surface area contributed by atoms with E-state index in [-0.39, 0.29) is 18.0 Å². The van der Waals surface area contributed by atoms with Crippen LogP contribution < -0.4 is 0 Å². The molecular formula is C22H24N2O4S. The van der Waals surface area contributed by atoms with E-state index in [0.717, 1.165) is 10.7 Å². The summed E-state index contributed by atoms with van der Waals surface area (Å²) < 4.78 is 11.1. The van der Waals surface area contributed by atoms with Crippen LogP contribution in [0, 0.1) is 0 Å². The lowest BCUT2D eigenvalue weighted by Gasteiger charge is -2.11. The van der Waals surface area contributed by atoms with Crippen LogP contribution in [0.15, 0.2) is 50.7 Å². The highest BCUT2D eigenvalue weighted by Gasteiger charge is 2.32. The van der Waals surface area contributed by atoms with E-state index in [9.17, 15) is 9.59 Å². The lowest BCUT2D eigenvalue weighted by atomic mass is 10.1. The van der Waals surface area contributed by atoms with Crippen molar-refractivity contribution in [3.05, 3.63) is 52.6 Å². The van der Waals surface area contributed by atoms with Gasteiger partial charge in [0.1, 0.15) is 11.5 Å². The maximum Gasteiger partial charge on any atom is 0.338 e. The number of furan rings is 1. The second-order valence-corrected chi connectivity index (χ2v) is 7.66. The number of likely N-dealkylation sites (N-methyl/N-ethyl adjacent to an activating group) is 1. The first-order valence-corrected chi connectivity index (χ1v) is 10.4. The second kappa shape index (κ2) is 9.13. The lowest BCUT2D eigenvalue weighted by molar-refractivity contribution is -0.122. The summed E-state index contributed by atoms with van der Waals surface area (Å²) in [6.07, 6.45) is 1.58. The van der Waals surface area contributed by atoms with Gasteiger partial charge in [-0.05, 0) is 63.7 Å². The highest BCUT2D eigenvalue weighted by atomic mass is 32.2. The van der Waals surface area contributed by atoms with Gasteiger partial charge in [0.2, 0.25) is 0 Å². The quantitative estimate of drug-likeness (QED) is 0.502. The fraction of sp³-hybridized carbons (Fsp3) is 0.318. The Hall–Kier alpha value is -2.80. The minimum Gasteiger partial charge on any atom is -0.459 e. The molecule has 0 atom stereocenters. The molecule has 1 aliphatic heterocycles. The molecule has 0 saturated carbocycles. The molecule has 3 rings (SSSR count). The number of hydrogen-bond acceptors (Lipinski definition) is 6. The van der Waals surface area contributed by atoms with Crippen molar-refractivity contribution in [3.8, 4) is 11.3 Å². The summed E-state index contributed by atoms with van der Waals surface area (Å²) in [6.45, 7) is 8.71. The minimum absolute atomic E-state index is 0.0596. The Labute approximate surface area is 174 Å². The average Bonchev–Trinajstić information content (AvgIpc) is 3.27. The monoisotopic (exact) mass is 412 g/mol. The van der Waals surface area contributed by atoms with Crippen LogP contribution in [-0.4, -0.2) is 41.1 Å². The minimum atomic E-state index is -0.349. The van der Waals surface area contributed by atoms with Gasteiger partial charge in [-0.1, -0.05) is 12.1 Å². The van der Waals surface area contributed by atoms with Crippen LogP contribution in [0.4, 0.5) is 0 Å². The van der Waals surface area contributed by atoms with Crippen molar-refractivity contribution in [1.82, 2.24) is 4.90 Å². The molecule has 0 N–H and O–H groups in total. The fourth-order valence-electron chi connectivity index (χ4n) is 2.81. The summed E-state index contributed by atoms with van der Waals surface area (Å²) in [5, 5.41) is 0.724. The molecule has 1 aliphatic rings. The number of aliphatic imine (C=N–C) groups is 1. The van der Waals surface area contributed by atoms with E-state index in [1.807, 2.05) is 52.0 Å². The van der Waals surface area contributed by atoms with E-state index in [2.05, 4.69) is 4.99 Å². The Balaban J connectivity index is 1.77. The third kappa shape index (κ3) is 4.79. The highest BCUT2D eigenvalue weighted by Crippen LogP contribution is 2.33. The maximum atomic E-state index is 12.6. The number of esters is 1. The molecule has 0 radical (unpaired) electrons. The second-order valence-electron chi connectivity index (χ2n) is 6.65. The van der Waals surface area contributed by atoms with Gasteiger partial charge in [0.05, 0.1) is 16.6 Å². The van der Waals surface area contributed by atoms with E-state index >= 15 is 0 Å². The van der Waals surface area contributed by atoms with Crippen LogP contribution in [0.3, 0.4) is 0 Å². The summed E-state index contributed by atoms with van der Waals surface area (Å²) >= 11 is 1.36. The number of amidine groups is 1. The van der Waals surface area contributed by atoms with E-state index in [1.165, 1.54) is 11.8 Å². The molecule has 0 aliphatic carbocycles. The molecule has 29 heavy (non-hydrogen) atoms. The summed E-state index contributed by atoms with van der Waals surface area (Å²) in [7, 11) is 0.